The van der Waals surface area contributed by atoms with E-state index in [0.717, 1.165) is 0 Å². The van der Waals surface area contributed by atoms with Crippen LogP contribution in [0.1, 0.15) is 17.3 Å². The third kappa shape index (κ3) is 2.23. The number of carbonyl (C=O) groups excluding carboxylic acids is 2. The van der Waals surface area contributed by atoms with Crippen LogP contribution in [0.2, 0.25) is 5.02 Å². The zero-order chi connectivity index (χ0) is 10.7. The molecule has 1 aromatic carbocycles. The molecule has 0 aliphatic carbocycles. The van der Waals surface area contributed by atoms with Crippen LogP contribution < -0.4 is 5.32 Å². The number of aldehydes is 1. The zero-order valence-electron chi connectivity index (χ0n) is 7.37. The molecule has 0 saturated carbocycles. The van der Waals surface area contributed by atoms with Crippen molar-refractivity contribution in [1.82, 2.24) is 0 Å². The molecule has 1 rings (SSSR count). The van der Waals surface area contributed by atoms with E-state index < -0.39 is 0 Å². The minimum Gasteiger partial charge on any atom is -0.508 e. The van der Waals surface area contributed by atoms with E-state index in [1.165, 1.54) is 19.1 Å². The molecule has 0 fully saturated rings. The number of phenolic OH excluding ortho intramolecular Hbond substituents is 1. The Labute approximate surface area is 85.5 Å². The van der Waals surface area contributed by atoms with Crippen LogP contribution in [-0.4, -0.2) is 17.3 Å². The molecule has 0 spiro atoms. The first-order valence-corrected chi connectivity index (χ1v) is 4.17. The summed E-state index contributed by atoms with van der Waals surface area (Å²) in [5, 5.41) is 11.7. The van der Waals surface area contributed by atoms with E-state index in [-0.39, 0.29) is 27.9 Å². The second kappa shape index (κ2) is 4.11. The number of anilines is 1. The molecule has 74 valence electrons. The van der Waals surface area contributed by atoms with Gasteiger partial charge in [0.15, 0.2) is 6.29 Å². The topological polar surface area (TPSA) is 66.4 Å². The van der Waals surface area contributed by atoms with Crippen molar-refractivity contribution in [2.75, 3.05) is 5.32 Å². The Balaban J connectivity index is 3.24. The molecule has 0 heterocycles. The lowest BCUT2D eigenvalue weighted by Gasteiger charge is -2.07. The van der Waals surface area contributed by atoms with Crippen LogP contribution in [0.4, 0.5) is 5.69 Å². The molecular weight excluding hydrogens is 206 g/mol. The maximum Gasteiger partial charge on any atom is 0.221 e. The Morgan fingerprint density at radius 2 is 2.21 bits per heavy atom. The number of benzene rings is 1. The fourth-order valence-electron chi connectivity index (χ4n) is 1.02. The van der Waals surface area contributed by atoms with Gasteiger partial charge in [0.2, 0.25) is 5.91 Å². The average Bonchev–Trinajstić information content (AvgIpc) is 2.01. The Hall–Kier alpha value is -1.55. The van der Waals surface area contributed by atoms with Gasteiger partial charge in [-0.25, -0.2) is 0 Å². The standard InChI is InChI=1S/C9H8ClNO3/c1-5(13)11-9-3-6(14)2-8(10)7(9)4-12/h2-4,14H,1H3,(H,11,13). The van der Waals surface area contributed by atoms with E-state index in [1.54, 1.807) is 0 Å². The highest BCUT2D eigenvalue weighted by Crippen LogP contribution is 2.28. The normalized spacial score (nSPS) is 9.57. The van der Waals surface area contributed by atoms with E-state index in [4.69, 9.17) is 11.6 Å². The molecule has 0 aromatic heterocycles. The molecule has 0 bridgehead atoms. The molecule has 0 aliphatic heterocycles. The summed E-state index contributed by atoms with van der Waals surface area (Å²) in [6.07, 6.45) is 0.521. The van der Waals surface area contributed by atoms with Crippen LogP contribution in [0.3, 0.4) is 0 Å². The quantitative estimate of drug-likeness (QED) is 0.737. The fraction of sp³-hybridized carbons (Fsp3) is 0.111. The molecule has 0 aliphatic rings. The van der Waals surface area contributed by atoms with Crippen LogP contribution in [0.5, 0.6) is 5.75 Å². The number of phenols is 1. The summed E-state index contributed by atoms with van der Waals surface area (Å²) in [4.78, 5) is 21.4. The SMILES string of the molecule is CC(=O)Nc1cc(O)cc(Cl)c1C=O. The van der Waals surface area contributed by atoms with Gasteiger partial charge in [-0.1, -0.05) is 11.6 Å². The maximum absolute atomic E-state index is 10.8. The van der Waals surface area contributed by atoms with Crippen molar-refractivity contribution in [1.29, 1.82) is 0 Å². The Morgan fingerprint density at radius 3 is 2.71 bits per heavy atom. The number of amides is 1. The van der Waals surface area contributed by atoms with Crippen molar-refractivity contribution in [2.45, 2.75) is 6.92 Å². The molecule has 0 unspecified atom stereocenters. The van der Waals surface area contributed by atoms with Crippen molar-refractivity contribution in [3.63, 3.8) is 0 Å². The Morgan fingerprint density at radius 1 is 1.57 bits per heavy atom. The Bertz CT molecular complexity index is 390. The van der Waals surface area contributed by atoms with E-state index in [1.807, 2.05) is 0 Å². The molecule has 0 atom stereocenters. The third-order valence-electron chi connectivity index (χ3n) is 1.54. The predicted molar refractivity (Wildman–Crippen MR) is 52.8 cm³/mol. The van der Waals surface area contributed by atoms with Crippen LogP contribution in [0.15, 0.2) is 12.1 Å². The lowest BCUT2D eigenvalue weighted by Crippen LogP contribution is -2.08. The monoisotopic (exact) mass is 213 g/mol. The zero-order valence-corrected chi connectivity index (χ0v) is 8.13. The van der Waals surface area contributed by atoms with Gasteiger partial charge in [-0.05, 0) is 6.07 Å². The van der Waals surface area contributed by atoms with Gasteiger partial charge in [0.05, 0.1) is 16.3 Å². The average molecular weight is 214 g/mol. The summed E-state index contributed by atoms with van der Waals surface area (Å²) in [5.41, 5.74) is 0.358. The van der Waals surface area contributed by atoms with Crippen LogP contribution in [-0.2, 0) is 4.79 Å². The summed E-state index contributed by atoms with van der Waals surface area (Å²) in [7, 11) is 0. The minimum absolute atomic E-state index is 0.101. The minimum atomic E-state index is -0.338. The molecular formula is C9H8ClNO3. The van der Waals surface area contributed by atoms with Crippen molar-refractivity contribution in [2.24, 2.45) is 0 Å². The molecule has 0 saturated heterocycles. The summed E-state index contributed by atoms with van der Waals surface area (Å²) >= 11 is 5.68. The van der Waals surface area contributed by atoms with Gasteiger partial charge in [0.1, 0.15) is 5.75 Å². The highest BCUT2D eigenvalue weighted by Gasteiger charge is 2.09. The number of hydrogen-bond donors (Lipinski definition) is 2. The van der Waals surface area contributed by atoms with Gasteiger partial charge in [0.25, 0.3) is 0 Å². The molecule has 14 heavy (non-hydrogen) atoms. The van der Waals surface area contributed by atoms with Crippen LogP contribution >= 0.6 is 11.6 Å². The molecule has 4 nitrogen and oxygen atoms in total. The molecule has 5 heteroatoms. The summed E-state index contributed by atoms with van der Waals surface area (Å²) in [6, 6.07) is 2.49. The van der Waals surface area contributed by atoms with Crippen LogP contribution in [0.25, 0.3) is 0 Å². The molecule has 1 aromatic rings. The predicted octanol–water partition coefficient (Wildman–Crippen LogP) is 1.82. The van der Waals surface area contributed by atoms with Crippen LogP contribution in [0, 0.1) is 0 Å². The van der Waals surface area contributed by atoms with E-state index in [0.29, 0.717) is 6.29 Å². The lowest BCUT2D eigenvalue weighted by atomic mass is 10.2. The summed E-state index contributed by atoms with van der Waals surface area (Å²) in [6.45, 7) is 1.30. The molecule has 0 radical (unpaired) electrons. The summed E-state index contributed by atoms with van der Waals surface area (Å²) < 4.78 is 0. The van der Waals surface area contributed by atoms with Crippen molar-refractivity contribution in [3.05, 3.63) is 22.7 Å². The summed E-state index contributed by atoms with van der Waals surface area (Å²) in [5.74, 6) is -0.445. The van der Waals surface area contributed by atoms with Gasteiger partial charge < -0.3 is 10.4 Å². The number of carbonyl (C=O) groups is 2. The molecule has 1 amide bonds. The van der Waals surface area contributed by atoms with Gasteiger partial charge in [-0.3, -0.25) is 9.59 Å². The van der Waals surface area contributed by atoms with Crippen molar-refractivity contribution in [3.8, 4) is 5.75 Å². The fourth-order valence-corrected chi connectivity index (χ4v) is 1.27. The highest BCUT2D eigenvalue weighted by molar-refractivity contribution is 6.33. The first-order chi connectivity index (χ1) is 6.54. The van der Waals surface area contributed by atoms with E-state index in [9.17, 15) is 14.7 Å². The van der Waals surface area contributed by atoms with E-state index >= 15 is 0 Å². The van der Waals surface area contributed by atoms with E-state index in [2.05, 4.69) is 5.32 Å². The first-order valence-electron chi connectivity index (χ1n) is 3.80. The molecule has 2 N–H and O–H groups in total. The maximum atomic E-state index is 10.8. The number of rotatable bonds is 2. The second-order valence-electron chi connectivity index (χ2n) is 2.69. The van der Waals surface area contributed by atoms with Gasteiger partial charge in [-0.15, -0.1) is 0 Å². The number of aromatic hydroxyl groups is 1. The van der Waals surface area contributed by atoms with Gasteiger partial charge >= 0.3 is 0 Å². The lowest BCUT2D eigenvalue weighted by molar-refractivity contribution is -0.114. The smallest absolute Gasteiger partial charge is 0.221 e. The largest absolute Gasteiger partial charge is 0.508 e. The third-order valence-corrected chi connectivity index (χ3v) is 1.86. The number of nitrogens with one attached hydrogen (secondary N) is 1. The van der Waals surface area contributed by atoms with Crippen molar-refractivity contribution < 1.29 is 14.7 Å². The first kappa shape index (κ1) is 10.5. The second-order valence-corrected chi connectivity index (χ2v) is 3.10. The number of halogens is 1. The van der Waals surface area contributed by atoms with Gasteiger partial charge in [0, 0.05) is 13.0 Å². The highest BCUT2D eigenvalue weighted by atomic mass is 35.5. The number of hydrogen-bond acceptors (Lipinski definition) is 3. The Kier molecular flexibility index (Phi) is 3.09. The van der Waals surface area contributed by atoms with Crippen molar-refractivity contribution >= 4 is 29.5 Å². The van der Waals surface area contributed by atoms with Gasteiger partial charge in [-0.2, -0.15) is 0 Å².